The first kappa shape index (κ1) is 12.6. The van der Waals surface area contributed by atoms with Gasteiger partial charge in [-0.1, -0.05) is 19.1 Å². The Hall–Kier alpha value is -1.81. The summed E-state index contributed by atoms with van der Waals surface area (Å²) >= 11 is 0. The van der Waals surface area contributed by atoms with Gasteiger partial charge in [-0.05, 0) is 25.5 Å². The maximum atomic E-state index is 9.27. The van der Waals surface area contributed by atoms with E-state index in [0.717, 1.165) is 34.4 Å². The van der Waals surface area contributed by atoms with Crippen molar-refractivity contribution in [2.24, 2.45) is 0 Å². The fourth-order valence-corrected chi connectivity index (χ4v) is 2.01. The number of aliphatic hydroxyl groups excluding tert-OH is 1. The Morgan fingerprint density at radius 2 is 2.17 bits per heavy atom. The number of nitrogens with zero attached hydrogens (tertiary/aromatic N) is 1. The number of nitrogens with two attached hydrogens (primary N) is 1. The normalized spacial score (nSPS) is 12.6. The van der Waals surface area contributed by atoms with Gasteiger partial charge in [0.05, 0.1) is 12.6 Å². The Labute approximate surface area is 107 Å². The molecule has 1 atom stereocenters. The second-order valence-electron chi connectivity index (χ2n) is 4.49. The summed E-state index contributed by atoms with van der Waals surface area (Å²) in [6.07, 6.45) is 0.843. The van der Waals surface area contributed by atoms with Gasteiger partial charge < -0.3 is 16.2 Å². The summed E-state index contributed by atoms with van der Waals surface area (Å²) in [5, 5.41) is 14.5. The minimum Gasteiger partial charge on any atom is -0.398 e. The van der Waals surface area contributed by atoms with Crippen molar-refractivity contribution in [2.75, 3.05) is 17.7 Å². The molecule has 0 radical (unpaired) electrons. The van der Waals surface area contributed by atoms with Crippen LogP contribution in [0.25, 0.3) is 10.8 Å². The lowest BCUT2D eigenvalue weighted by Gasteiger charge is -2.17. The highest BCUT2D eigenvalue weighted by atomic mass is 16.3. The van der Waals surface area contributed by atoms with Gasteiger partial charge in [0.25, 0.3) is 0 Å². The highest BCUT2D eigenvalue weighted by molar-refractivity contribution is 5.99. The van der Waals surface area contributed by atoms with Gasteiger partial charge >= 0.3 is 0 Å². The number of anilines is 2. The molecule has 2 rings (SSSR count). The van der Waals surface area contributed by atoms with E-state index in [2.05, 4.69) is 10.3 Å². The zero-order valence-corrected chi connectivity index (χ0v) is 10.8. The summed E-state index contributed by atoms with van der Waals surface area (Å²) in [5.74, 6) is 0.790. The lowest BCUT2D eigenvalue weighted by molar-refractivity contribution is 0.271. The molecule has 0 fully saturated rings. The minimum absolute atomic E-state index is 0.0175. The van der Waals surface area contributed by atoms with E-state index in [9.17, 15) is 5.11 Å². The largest absolute Gasteiger partial charge is 0.398 e. The summed E-state index contributed by atoms with van der Waals surface area (Å²) in [7, 11) is 0. The monoisotopic (exact) mass is 245 g/mol. The van der Waals surface area contributed by atoms with E-state index in [1.165, 1.54) is 0 Å². The van der Waals surface area contributed by atoms with Gasteiger partial charge in [0, 0.05) is 22.2 Å². The molecule has 18 heavy (non-hydrogen) atoms. The molecule has 1 unspecified atom stereocenters. The van der Waals surface area contributed by atoms with Crippen molar-refractivity contribution in [3.8, 4) is 0 Å². The average Bonchev–Trinajstić information content (AvgIpc) is 2.37. The second kappa shape index (κ2) is 5.23. The molecule has 0 aliphatic carbocycles. The van der Waals surface area contributed by atoms with Crippen LogP contribution in [0.2, 0.25) is 0 Å². The first-order valence-corrected chi connectivity index (χ1v) is 6.19. The first-order valence-electron chi connectivity index (χ1n) is 6.19. The van der Waals surface area contributed by atoms with Gasteiger partial charge in [0.2, 0.25) is 0 Å². The van der Waals surface area contributed by atoms with E-state index >= 15 is 0 Å². The minimum atomic E-state index is 0.0175. The molecule has 4 N–H and O–H groups in total. The van der Waals surface area contributed by atoms with Crippen LogP contribution in [0.5, 0.6) is 0 Å². The highest BCUT2D eigenvalue weighted by Gasteiger charge is 2.10. The molecule has 4 nitrogen and oxygen atoms in total. The molecular weight excluding hydrogens is 226 g/mol. The predicted octanol–water partition coefficient (Wildman–Crippen LogP) is 2.31. The lowest BCUT2D eigenvalue weighted by atomic mass is 10.1. The van der Waals surface area contributed by atoms with Crippen molar-refractivity contribution in [2.45, 2.75) is 26.3 Å². The van der Waals surface area contributed by atoms with Crippen LogP contribution in [0.1, 0.15) is 19.0 Å². The standard InChI is InChI=1S/C14H19N3O/c1-3-10(8-18)17-14-11-5-4-6-13(15)12(11)7-9(2)16-14/h4-7,10,18H,3,8,15H2,1-2H3,(H,16,17). The number of nitrogen functional groups attached to an aromatic ring is 1. The molecule has 0 aliphatic rings. The third-order valence-corrected chi connectivity index (χ3v) is 3.09. The molecule has 1 heterocycles. The quantitative estimate of drug-likeness (QED) is 0.723. The van der Waals surface area contributed by atoms with E-state index in [1.807, 2.05) is 38.1 Å². The van der Waals surface area contributed by atoms with Crippen molar-refractivity contribution in [3.63, 3.8) is 0 Å². The molecule has 1 aromatic carbocycles. The Bertz CT molecular complexity index is 550. The summed E-state index contributed by atoms with van der Waals surface area (Å²) in [6, 6.07) is 7.79. The Balaban J connectivity index is 2.52. The van der Waals surface area contributed by atoms with Crippen molar-refractivity contribution in [1.82, 2.24) is 4.98 Å². The third-order valence-electron chi connectivity index (χ3n) is 3.09. The van der Waals surface area contributed by atoms with E-state index in [1.54, 1.807) is 0 Å². The molecule has 0 bridgehead atoms. The number of fused-ring (bicyclic) bond motifs is 1. The van der Waals surface area contributed by atoms with Crippen LogP contribution in [0.15, 0.2) is 24.3 Å². The summed E-state index contributed by atoms with van der Waals surface area (Å²) in [4.78, 5) is 4.50. The topological polar surface area (TPSA) is 71.2 Å². The highest BCUT2D eigenvalue weighted by Crippen LogP contribution is 2.27. The summed E-state index contributed by atoms with van der Waals surface area (Å²) in [6.45, 7) is 4.06. The van der Waals surface area contributed by atoms with E-state index < -0.39 is 0 Å². The third kappa shape index (κ3) is 2.38. The zero-order chi connectivity index (χ0) is 13.1. The zero-order valence-electron chi connectivity index (χ0n) is 10.8. The Kier molecular flexibility index (Phi) is 3.67. The molecule has 96 valence electrons. The number of pyridine rings is 1. The molecule has 0 saturated heterocycles. The van der Waals surface area contributed by atoms with Crippen molar-refractivity contribution in [3.05, 3.63) is 30.0 Å². The maximum Gasteiger partial charge on any atom is 0.134 e. The van der Waals surface area contributed by atoms with Gasteiger partial charge in [0.1, 0.15) is 5.82 Å². The molecule has 0 spiro atoms. The molecular formula is C14H19N3O. The molecule has 0 amide bonds. The Morgan fingerprint density at radius 1 is 1.39 bits per heavy atom. The van der Waals surface area contributed by atoms with Crippen molar-refractivity contribution >= 4 is 22.3 Å². The molecule has 2 aromatic rings. The van der Waals surface area contributed by atoms with Gasteiger partial charge in [-0.25, -0.2) is 4.98 Å². The average molecular weight is 245 g/mol. The van der Waals surface area contributed by atoms with Crippen LogP contribution in [0.3, 0.4) is 0 Å². The number of hydrogen-bond donors (Lipinski definition) is 3. The number of aliphatic hydroxyl groups is 1. The van der Waals surface area contributed by atoms with Gasteiger partial charge in [0.15, 0.2) is 0 Å². The van der Waals surface area contributed by atoms with E-state index in [-0.39, 0.29) is 12.6 Å². The number of benzene rings is 1. The molecule has 4 heteroatoms. The summed E-state index contributed by atoms with van der Waals surface area (Å²) < 4.78 is 0. The van der Waals surface area contributed by atoms with Crippen LogP contribution in [-0.2, 0) is 0 Å². The smallest absolute Gasteiger partial charge is 0.134 e. The molecule has 0 aliphatic heterocycles. The number of aryl methyl sites for hydroxylation is 1. The Morgan fingerprint density at radius 3 is 2.83 bits per heavy atom. The lowest BCUT2D eigenvalue weighted by Crippen LogP contribution is -2.23. The van der Waals surface area contributed by atoms with Gasteiger partial charge in [-0.15, -0.1) is 0 Å². The predicted molar refractivity (Wildman–Crippen MR) is 75.7 cm³/mol. The first-order chi connectivity index (χ1) is 8.65. The number of nitrogens with one attached hydrogen (secondary N) is 1. The summed E-state index contributed by atoms with van der Waals surface area (Å²) in [5.41, 5.74) is 7.65. The van der Waals surface area contributed by atoms with E-state index in [0.29, 0.717) is 0 Å². The number of rotatable bonds is 4. The van der Waals surface area contributed by atoms with Crippen LogP contribution < -0.4 is 11.1 Å². The van der Waals surface area contributed by atoms with Crippen molar-refractivity contribution in [1.29, 1.82) is 0 Å². The second-order valence-corrected chi connectivity index (χ2v) is 4.49. The fourth-order valence-electron chi connectivity index (χ4n) is 2.01. The number of aromatic nitrogens is 1. The number of hydrogen-bond acceptors (Lipinski definition) is 4. The van der Waals surface area contributed by atoms with Gasteiger partial charge in [-0.2, -0.15) is 0 Å². The van der Waals surface area contributed by atoms with E-state index in [4.69, 9.17) is 5.73 Å². The fraction of sp³-hybridized carbons (Fsp3) is 0.357. The van der Waals surface area contributed by atoms with Crippen LogP contribution in [-0.4, -0.2) is 22.7 Å². The molecule has 0 saturated carbocycles. The van der Waals surface area contributed by atoms with Crippen LogP contribution in [0, 0.1) is 6.92 Å². The van der Waals surface area contributed by atoms with Crippen molar-refractivity contribution < 1.29 is 5.11 Å². The molecule has 1 aromatic heterocycles. The SMILES string of the molecule is CCC(CO)Nc1nc(C)cc2c(N)cccc12. The van der Waals surface area contributed by atoms with Crippen LogP contribution >= 0.6 is 0 Å². The maximum absolute atomic E-state index is 9.27. The van der Waals surface area contributed by atoms with Crippen LogP contribution in [0.4, 0.5) is 11.5 Å². The van der Waals surface area contributed by atoms with Gasteiger partial charge in [-0.3, -0.25) is 0 Å².